The number of halogens is 1. The molecule has 9 nitrogen and oxygen atoms in total. The van der Waals surface area contributed by atoms with E-state index < -0.39 is 28.5 Å². The molecule has 0 saturated heterocycles. The third kappa shape index (κ3) is 3.94. The van der Waals surface area contributed by atoms with Gasteiger partial charge in [0, 0.05) is 33.9 Å². The van der Waals surface area contributed by atoms with Crippen LogP contribution in [0.2, 0.25) is 0 Å². The monoisotopic (exact) mass is 435 g/mol. The maximum absolute atomic E-state index is 13.3. The van der Waals surface area contributed by atoms with Crippen molar-refractivity contribution in [1.82, 2.24) is 13.4 Å². The van der Waals surface area contributed by atoms with Crippen molar-refractivity contribution in [3.63, 3.8) is 0 Å². The van der Waals surface area contributed by atoms with Crippen molar-refractivity contribution in [2.24, 2.45) is 14.1 Å². The zero-order valence-electron chi connectivity index (χ0n) is 17.0. The Hall–Kier alpha value is -3.18. The number of aromatic nitrogens is 2. The number of carbonyl (C=O) groups is 1. The number of fused-ring (bicyclic) bond motifs is 1. The molecule has 0 aliphatic rings. The molecule has 30 heavy (non-hydrogen) atoms. The van der Waals surface area contributed by atoms with Gasteiger partial charge in [-0.2, -0.15) is 12.7 Å². The molecular formula is C19H22FN5O4S. The normalized spacial score (nSPS) is 11.8. The fourth-order valence-electron chi connectivity index (χ4n) is 3.03. The molecule has 1 heterocycles. The van der Waals surface area contributed by atoms with Crippen LogP contribution in [0.3, 0.4) is 0 Å². The van der Waals surface area contributed by atoms with Crippen molar-refractivity contribution < 1.29 is 17.6 Å². The summed E-state index contributed by atoms with van der Waals surface area (Å²) in [7, 11) is 1.95. The Morgan fingerprint density at radius 3 is 2.23 bits per heavy atom. The second-order valence-corrected chi connectivity index (χ2v) is 8.99. The van der Waals surface area contributed by atoms with E-state index in [4.69, 9.17) is 0 Å². The molecule has 0 radical (unpaired) electrons. The number of carbonyl (C=O) groups excluding carboxylic acids is 1. The molecule has 11 heteroatoms. The van der Waals surface area contributed by atoms with Crippen LogP contribution >= 0.6 is 0 Å². The van der Waals surface area contributed by atoms with Crippen LogP contribution in [0.15, 0.2) is 47.3 Å². The highest BCUT2D eigenvalue weighted by atomic mass is 32.2. The molecule has 160 valence electrons. The fourth-order valence-corrected chi connectivity index (χ4v) is 4.09. The Bertz CT molecular complexity index is 1260. The molecular weight excluding hydrogens is 413 g/mol. The van der Waals surface area contributed by atoms with E-state index in [1.165, 1.54) is 35.4 Å². The van der Waals surface area contributed by atoms with Gasteiger partial charge < -0.3 is 5.32 Å². The summed E-state index contributed by atoms with van der Waals surface area (Å²) >= 11 is 0. The van der Waals surface area contributed by atoms with Crippen LogP contribution in [0, 0.1) is 5.82 Å². The lowest BCUT2D eigenvalue weighted by molar-refractivity contribution is -0.114. The van der Waals surface area contributed by atoms with E-state index in [0.717, 1.165) is 20.7 Å². The number of amides is 1. The molecule has 0 saturated carbocycles. The number of nitrogens with zero attached hydrogens (tertiary/aromatic N) is 4. The summed E-state index contributed by atoms with van der Waals surface area (Å²) in [5, 5.41) is 2.65. The van der Waals surface area contributed by atoms with E-state index >= 15 is 0 Å². The Labute approximate surface area is 173 Å². The zero-order chi connectivity index (χ0) is 22.2. The molecule has 0 unspecified atom stereocenters. The first-order valence-corrected chi connectivity index (χ1v) is 10.3. The molecule has 3 aromatic rings. The quantitative estimate of drug-likeness (QED) is 0.631. The summed E-state index contributed by atoms with van der Waals surface area (Å²) in [5.41, 5.74) is 1.68. The van der Waals surface area contributed by atoms with Gasteiger partial charge in [0.25, 0.3) is 0 Å². The maximum Gasteiger partial charge on any atom is 0.328 e. The molecule has 0 spiro atoms. The summed E-state index contributed by atoms with van der Waals surface area (Å²) in [4.78, 5) is 24.7. The SMILES string of the molecule is CN(C)S(=O)(=O)N(CC(=O)Nc1ccc2c(c1)n(C)c(=O)n2C)c1ccc(F)cc1. The maximum atomic E-state index is 13.3. The molecule has 0 aliphatic heterocycles. The molecule has 1 aromatic heterocycles. The number of anilines is 2. The predicted octanol–water partition coefficient (Wildman–Crippen LogP) is 1.27. The van der Waals surface area contributed by atoms with Gasteiger partial charge in [-0.05, 0) is 42.5 Å². The zero-order valence-corrected chi connectivity index (χ0v) is 17.8. The number of nitrogens with one attached hydrogen (secondary N) is 1. The van der Waals surface area contributed by atoms with Crippen molar-refractivity contribution in [3.05, 3.63) is 58.8 Å². The average Bonchev–Trinajstić information content (AvgIpc) is 2.90. The Morgan fingerprint density at radius 2 is 1.63 bits per heavy atom. The minimum Gasteiger partial charge on any atom is -0.324 e. The van der Waals surface area contributed by atoms with Gasteiger partial charge in [0.15, 0.2) is 0 Å². The topological polar surface area (TPSA) is 96.7 Å². The molecule has 1 amide bonds. The van der Waals surface area contributed by atoms with Gasteiger partial charge in [-0.1, -0.05) is 0 Å². The van der Waals surface area contributed by atoms with E-state index in [1.807, 2.05) is 0 Å². The van der Waals surface area contributed by atoms with E-state index in [0.29, 0.717) is 16.7 Å². The summed E-state index contributed by atoms with van der Waals surface area (Å²) in [6.07, 6.45) is 0. The van der Waals surface area contributed by atoms with Crippen LogP contribution in [-0.4, -0.2) is 48.4 Å². The molecule has 0 fully saturated rings. The minimum atomic E-state index is -4.00. The van der Waals surface area contributed by atoms with Crippen molar-refractivity contribution >= 4 is 38.5 Å². The largest absolute Gasteiger partial charge is 0.328 e. The number of benzene rings is 2. The summed E-state index contributed by atoms with van der Waals surface area (Å²) in [6, 6.07) is 9.77. The number of hydrogen-bond donors (Lipinski definition) is 1. The molecule has 0 aliphatic carbocycles. The van der Waals surface area contributed by atoms with Crippen molar-refractivity contribution in [2.75, 3.05) is 30.3 Å². The van der Waals surface area contributed by atoms with Crippen LogP contribution in [0.4, 0.5) is 15.8 Å². The lowest BCUT2D eigenvalue weighted by atomic mass is 10.2. The van der Waals surface area contributed by atoms with Crippen LogP contribution in [0.1, 0.15) is 0 Å². The van der Waals surface area contributed by atoms with Crippen molar-refractivity contribution in [1.29, 1.82) is 0 Å². The van der Waals surface area contributed by atoms with Crippen LogP contribution in [0.25, 0.3) is 11.0 Å². The van der Waals surface area contributed by atoms with Gasteiger partial charge in [0.05, 0.1) is 16.7 Å². The predicted molar refractivity (Wildman–Crippen MR) is 113 cm³/mol. The van der Waals surface area contributed by atoms with E-state index in [-0.39, 0.29) is 11.4 Å². The second kappa shape index (κ2) is 7.92. The van der Waals surface area contributed by atoms with Gasteiger partial charge in [-0.15, -0.1) is 0 Å². The van der Waals surface area contributed by atoms with Gasteiger partial charge in [-0.25, -0.2) is 13.5 Å². The van der Waals surface area contributed by atoms with Crippen molar-refractivity contribution in [2.45, 2.75) is 0 Å². The lowest BCUT2D eigenvalue weighted by Crippen LogP contribution is -2.44. The smallest absolute Gasteiger partial charge is 0.324 e. The van der Waals surface area contributed by atoms with Crippen LogP contribution in [-0.2, 0) is 29.1 Å². The first-order valence-electron chi connectivity index (χ1n) is 8.93. The summed E-state index contributed by atoms with van der Waals surface area (Å²) < 4.78 is 43.5. The first kappa shape index (κ1) is 21.5. The molecule has 0 bridgehead atoms. The third-order valence-corrected chi connectivity index (χ3v) is 6.52. The van der Waals surface area contributed by atoms with E-state index in [2.05, 4.69) is 5.32 Å². The molecule has 3 rings (SSSR count). The van der Waals surface area contributed by atoms with Gasteiger partial charge in [0.1, 0.15) is 12.4 Å². The number of rotatable bonds is 6. The van der Waals surface area contributed by atoms with E-state index in [9.17, 15) is 22.4 Å². The lowest BCUT2D eigenvalue weighted by Gasteiger charge is -2.26. The van der Waals surface area contributed by atoms with Gasteiger partial charge in [-0.3, -0.25) is 13.9 Å². The number of hydrogen-bond acceptors (Lipinski definition) is 4. The minimum absolute atomic E-state index is 0.154. The third-order valence-electron chi connectivity index (χ3n) is 4.70. The summed E-state index contributed by atoms with van der Waals surface area (Å²) in [5.74, 6) is -1.11. The Balaban J connectivity index is 1.89. The Morgan fingerprint density at radius 1 is 1.03 bits per heavy atom. The summed E-state index contributed by atoms with van der Waals surface area (Å²) in [6.45, 7) is -0.516. The van der Waals surface area contributed by atoms with Crippen molar-refractivity contribution in [3.8, 4) is 0 Å². The van der Waals surface area contributed by atoms with Gasteiger partial charge >= 0.3 is 15.9 Å². The number of aryl methyl sites for hydroxylation is 2. The first-order chi connectivity index (χ1) is 14.0. The van der Waals surface area contributed by atoms with Crippen LogP contribution < -0.4 is 15.3 Å². The highest BCUT2D eigenvalue weighted by Crippen LogP contribution is 2.21. The highest BCUT2D eigenvalue weighted by molar-refractivity contribution is 7.90. The second-order valence-electron chi connectivity index (χ2n) is 6.93. The van der Waals surface area contributed by atoms with E-state index in [1.54, 1.807) is 32.3 Å². The highest BCUT2D eigenvalue weighted by Gasteiger charge is 2.27. The fraction of sp³-hybridized carbons (Fsp3) is 0.263. The standard InChI is InChI=1S/C19H22FN5O4S/c1-22(2)30(28,29)25(15-8-5-13(20)6-9-15)12-18(26)21-14-7-10-16-17(11-14)24(4)19(27)23(16)3/h5-11H,12H2,1-4H3,(H,21,26). The Kier molecular flexibility index (Phi) is 5.68. The van der Waals surface area contributed by atoms with Crippen LogP contribution in [0.5, 0.6) is 0 Å². The average molecular weight is 435 g/mol. The molecule has 0 atom stereocenters. The molecule has 2 aromatic carbocycles. The molecule has 1 N–H and O–H groups in total. The van der Waals surface area contributed by atoms with Gasteiger partial charge in [0.2, 0.25) is 5.91 Å². The number of imidazole rings is 1.